The molecule has 4 nitrogen and oxygen atoms in total. The van der Waals surface area contributed by atoms with Crippen LogP contribution in [0.4, 0.5) is 0 Å². The highest BCUT2D eigenvalue weighted by atomic mass is 35.5. The van der Waals surface area contributed by atoms with Crippen molar-refractivity contribution in [1.29, 1.82) is 5.26 Å². The van der Waals surface area contributed by atoms with E-state index in [2.05, 4.69) is 5.32 Å². The van der Waals surface area contributed by atoms with Gasteiger partial charge < -0.3 is 10.1 Å². The van der Waals surface area contributed by atoms with Crippen LogP contribution in [0.1, 0.15) is 31.0 Å². The normalized spacial score (nSPS) is 12.8. The molecule has 0 fully saturated rings. The molecule has 1 amide bonds. The van der Waals surface area contributed by atoms with Crippen LogP contribution < -0.4 is 10.1 Å². The van der Waals surface area contributed by atoms with Crippen LogP contribution in [0.3, 0.4) is 0 Å². The number of ether oxygens (including phenoxy) is 1. The highest BCUT2D eigenvalue weighted by Crippen LogP contribution is 2.26. The Hall–Kier alpha value is -2.22. The number of hydrogen-bond acceptors (Lipinski definition) is 3. The number of rotatable bonds is 5. The number of carbonyl (C=O) groups excluding carboxylic acids is 1. The van der Waals surface area contributed by atoms with Crippen molar-refractivity contribution >= 4 is 29.1 Å². The molecule has 0 unspecified atom stereocenters. The molecule has 0 spiro atoms. The molecule has 0 aliphatic heterocycles. The van der Waals surface area contributed by atoms with E-state index in [1.165, 1.54) is 0 Å². The van der Waals surface area contributed by atoms with Crippen molar-refractivity contribution in [1.82, 2.24) is 5.32 Å². The third-order valence-electron chi connectivity index (χ3n) is 3.45. The first kappa shape index (κ1) is 18.1. The van der Waals surface area contributed by atoms with E-state index < -0.39 is 6.10 Å². The molecular formula is C18H16Cl2N2O2. The number of hydrogen-bond donors (Lipinski definition) is 1. The van der Waals surface area contributed by atoms with E-state index >= 15 is 0 Å². The van der Waals surface area contributed by atoms with E-state index in [4.69, 9.17) is 33.2 Å². The molecular weight excluding hydrogens is 347 g/mol. The maximum Gasteiger partial charge on any atom is 0.261 e. The summed E-state index contributed by atoms with van der Waals surface area (Å²) in [7, 11) is 0. The zero-order chi connectivity index (χ0) is 17.7. The standard InChI is InChI=1S/C18H16Cl2N2O2/c1-11(16-8-5-14(19)9-17(16)20)22-18(23)12(2)24-15-6-3-13(10-21)4-7-15/h3-9,11-12H,1-2H3,(H,22,23)/t11-,12-/m1/s1. The minimum Gasteiger partial charge on any atom is -0.481 e. The Morgan fingerprint density at radius 3 is 2.42 bits per heavy atom. The first-order valence-corrected chi connectivity index (χ1v) is 8.08. The molecule has 2 rings (SSSR count). The van der Waals surface area contributed by atoms with Crippen LogP contribution in [-0.2, 0) is 4.79 Å². The van der Waals surface area contributed by atoms with Gasteiger partial charge in [-0.2, -0.15) is 5.26 Å². The fraction of sp³-hybridized carbons (Fsp3) is 0.222. The van der Waals surface area contributed by atoms with Gasteiger partial charge in [-0.1, -0.05) is 29.3 Å². The van der Waals surface area contributed by atoms with Gasteiger partial charge in [-0.25, -0.2) is 0 Å². The number of carbonyl (C=O) groups is 1. The topological polar surface area (TPSA) is 62.1 Å². The summed E-state index contributed by atoms with van der Waals surface area (Å²) in [5, 5.41) is 12.7. The Bertz CT molecular complexity index is 770. The summed E-state index contributed by atoms with van der Waals surface area (Å²) in [5.74, 6) is 0.256. The monoisotopic (exact) mass is 362 g/mol. The quantitative estimate of drug-likeness (QED) is 0.850. The summed E-state index contributed by atoms with van der Waals surface area (Å²) >= 11 is 12.0. The van der Waals surface area contributed by atoms with Crippen LogP contribution in [0.25, 0.3) is 0 Å². The van der Waals surface area contributed by atoms with Crippen LogP contribution in [0.5, 0.6) is 5.75 Å². The van der Waals surface area contributed by atoms with E-state index in [1.54, 1.807) is 49.4 Å². The van der Waals surface area contributed by atoms with Gasteiger partial charge in [0.25, 0.3) is 5.91 Å². The predicted octanol–water partition coefficient (Wildman–Crippen LogP) is 4.51. The number of nitriles is 1. The maximum atomic E-state index is 12.3. The van der Waals surface area contributed by atoms with Gasteiger partial charge in [0.2, 0.25) is 0 Å². The molecule has 0 heterocycles. The van der Waals surface area contributed by atoms with Crippen molar-refractivity contribution in [2.45, 2.75) is 26.0 Å². The second-order valence-electron chi connectivity index (χ2n) is 5.29. The molecule has 24 heavy (non-hydrogen) atoms. The molecule has 2 atom stereocenters. The highest BCUT2D eigenvalue weighted by Gasteiger charge is 2.19. The molecule has 0 aliphatic carbocycles. The second kappa shape index (κ2) is 8.05. The number of nitrogens with one attached hydrogen (secondary N) is 1. The zero-order valence-corrected chi connectivity index (χ0v) is 14.7. The molecule has 6 heteroatoms. The van der Waals surface area contributed by atoms with E-state index in [1.807, 2.05) is 13.0 Å². The molecule has 2 aromatic carbocycles. The summed E-state index contributed by atoms with van der Waals surface area (Å²) in [4.78, 5) is 12.3. The molecule has 0 aliphatic rings. The van der Waals surface area contributed by atoms with Crippen LogP contribution in [0.15, 0.2) is 42.5 Å². The summed E-state index contributed by atoms with van der Waals surface area (Å²) in [5.41, 5.74) is 1.31. The molecule has 1 N–H and O–H groups in total. The third kappa shape index (κ3) is 4.64. The molecule has 0 radical (unpaired) electrons. The number of benzene rings is 2. The van der Waals surface area contributed by atoms with Crippen LogP contribution in [-0.4, -0.2) is 12.0 Å². The van der Waals surface area contributed by atoms with Crippen LogP contribution in [0, 0.1) is 11.3 Å². The fourth-order valence-electron chi connectivity index (χ4n) is 2.13. The highest BCUT2D eigenvalue weighted by molar-refractivity contribution is 6.35. The Balaban J connectivity index is 1.98. The van der Waals surface area contributed by atoms with Gasteiger partial charge in [-0.15, -0.1) is 0 Å². The number of halogens is 2. The van der Waals surface area contributed by atoms with Gasteiger partial charge in [0.15, 0.2) is 6.10 Å². The lowest BCUT2D eigenvalue weighted by atomic mass is 10.1. The van der Waals surface area contributed by atoms with Crippen LogP contribution >= 0.6 is 23.2 Å². The Morgan fingerprint density at radius 1 is 1.17 bits per heavy atom. The summed E-state index contributed by atoms with van der Waals surface area (Å²) in [6.07, 6.45) is -0.688. The lowest BCUT2D eigenvalue weighted by Gasteiger charge is -2.20. The predicted molar refractivity (Wildman–Crippen MR) is 94.3 cm³/mol. The lowest BCUT2D eigenvalue weighted by Crippen LogP contribution is -2.37. The third-order valence-corrected chi connectivity index (χ3v) is 4.02. The molecule has 2 aromatic rings. The minimum atomic E-state index is -0.688. The van der Waals surface area contributed by atoms with Crippen molar-refractivity contribution in [3.63, 3.8) is 0 Å². The van der Waals surface area contributed by atoms with E-state index in [0.29, 0.717) is 21.4 Å². The lowest BCUT2D eigenvalue weighted by molar-refractivity contribution is -0.127. The SMILES string of the molecule is C[C@@H](Oc1ccc(C#N)cc1)C(=O)N[C@H](C)c1ccc(Cl)cc1Cl. The maximum absolute atomic E-state index is 12.3. The number of amides is 1. The molecule has 0 saturated heterocycles. The summed E-state index contributed by atoms with van der Waals surface area (Å²) in [6, 6.07) is 13.5. The van der Waals surface area contributed by atoms with Crippen molar-refractivity contribution in [2.75, 3.05) is 0 Å². The van der Waals surface area contributed by atoms with Crippen molar-refractivity contribution < 1.29 is 9.53 Å². The van der Waals surface area contributed by atoms with Gasteiger partial charge >= 0.3 is 0 Å². The van der Waals surface area contributed by atoms with Crippen molar-refractivity contribution in [3.8, 4) is 11.8 Å². The fourth-order valence-corrected chi connectivity index (χ4v) is 2.70. The average Bonchev–Trinajstić information content (AvgIpc) is 2.55. The summed E-state index contributed by atoms with van der Waals surface area (Å²) < 4.78 is 5.59. The first-order valence-electron chi connectivity index (χ1n) is 7.33. The zero-order valence-electron chi connectivity index (χ0n) is 13.2. The number of nitrogens with zero attached hydrogens (tertiary/aromatic N) is 1. The Labute approximate surface area is 151 Å². The minimum absolute atomic E-state index is 0.266. The van der Waals surface area contributed by atoms with Crippen molar-refractivity contribution in [2.24, 2.45) is 0 Å². The van der Waals surface area contributed by atoms with Crippen molar-refractivity contribution in [3.05, 3.63) is 63.6 Å². The van der Waals surface area contributed by atoms with Gasteiger partial charge in [0.05, 0.1) is 17.7 Å². The molecule has 0 saturated carbocycles. The van der Waals surface area contributed by atoms with Gasteiger partial charge in [-0.3, -0.25) is 4.79 Å². The first-order chi connectivity index (χ1) is 11.4. The van der Waals surface area contributed by atoms with Gasteiger partial charge in [0.1, 0.15) is 5.75 Å². The summed E-state index contributed by atoms with van der Waals surface area (Å²) in [6.45, 7) is 3.49. The molecule has 0 aromatic heterocycles. The smallest absolute Gasteiger partial charge is 0.261 e. The molecule has 124 valence electrons. The van der Waals surface area contributed by atoms with Gasteiger partial charge in [-0.05, 0) is 55.8 Å². The van der Waals surface area contributed by atoms with E-state index in [9.17, 15) is 4.79 Å². The van der Waals surface area contributed by atoms with E-state index in [-0.39, 0.29) is 11.9 Å². The van der Waals surface area contributed by atoms with Crippen LogP contribution in [0.2, 0.25) is 10.0 Å². The average molecular weight is 363 g/mol. The second-order valence-corrected chi connectivity index (χ2v) is 6.14. The molecule has 0 bridgehead atoms. The Kier molecular flexibility index (Phi) is 6.08. The Morgan fingerprint density at radius 2 is 1.83 bits per heavy atom. The van der Waals surface area contributed by atoms with E-state index in [0.717, 1.165) is 5.56 Å². The largest absolute Gasteiger partial charge is 0.481 e. The van der Waals surface area contributed by atoms with Gasteiger partial charge in [0, 0.05) is 10.0 Å².